The van der Waals surface area contributed by atoms with Crippen LogP contribution in [0, 0.1) is 0 Å². The minimum absolute atomic E-state index is 0.0853. The van der Waals surface area contributed by atoms with E-state index in [-0.39, 0.29) is 10.8 Å². The molecule has 2 aromatic heterocycles. The van der Waals surface area contributed by atoms with E-state index in [1.54, 1.807) is 0 Å². The molecule has 0 bridgehead atoms. The lowest BCUT2D eigenvalue weighted by Crippen LogP contribution is -2.15. The van der Waals surface area contributed by atoms with Crippen LogP contribution in [0.4, 0.5) is 0 Å². The van der Waals surface area contributed by atoms with Crippen LogP contribution in [-0.2, 0) is 10.8 Å². The average Bonchev–Trinajstić information content (AvgIpc) is 3.62. The van der Waals surface area contributed by atoms with Gasteiger partial charge in [-0.3, -0.25) is 4.98 Å². The number of benzene rings is 7. The van der Waals surface area contributed by atoms with Gasteiger partial charge in [-0.2, -0.15) is 0 Å². The molecule has 0 radical (unpaired) electrons. The van der Waals surface area contributed by atoms with Gasteiger partial charge in [-0.1, -0.05) is 155 Å². The third kappa shape index (κ3) is 4.75. The van der Waals surface area contributed by atoms with Gasteiger partial charge in [-0.15, -0.1) is 0 Å². The quantitative estimate of drug-likeness (QED) is 0.170. The molecule has 56 heavy (non-hydrogen) atoms. The summed E-state index contributed by atoms with van der Waals surface area (Å²) in [6.07, 6.45) is 3.75. The molecule has 0 saturated heterocycles. The van der Waals surface area contributed by atoms with Gasteiger partial charge < -0.3 is 0 Å². The largest absolute Gasteiger partial charge is 0.264 e. The van der Waals surface area contributed by atoms with Crippen LogP contribution >= 0.6 is 0 Å². The van der Waals surface area contributed by atoms with Crippen molar-refractivity contribution in [1.82, 2.24) is 9.97 Å². The second-order valence-corrected chi connectivity index (χ2v) is 16.6. The summed E-state index contributed by atoms with van der Waals surface area (Å²) in [4.78, 5) is 9.96. The van der Waals surface area contributed by atoms with E-state index in [2.05, 4.69) is 184 Å². The molecule has 0 saturated carbocycles. The van der Waals surface area contributed by atoms with E-state index in [4.69, 9.17) is 4.98 Å². The second kappa shape index (κ2) is 11.9. The molecule has 2 heterocycles. The first kappa shape index (κ1) is 32.8. The Hall–Kier alpha value is -6.64. The molecule has 2 nitrogen and oxygen atoms in total. The van der Waals surface area contributed by atoms with Crippen LogP contribution in [0.2, 0.25) is 0 Å². The highest BCUT2D eigenvalue weighted by molar-refractivity contribution is 6.16. The molecular formula is C54H40N2. The molecule has 2 heteroatoms. The Morgan fingerprint density at radius 1 is 0.357 bits per heavy atom. The number of rotatable bonds is 4. The van der Waals surface area contributed by atoms with Crippen molar-refractivity contribution in [1.29, 1.82) is 0 Å². The van der Waals surface area contributed by atoms with E-state index in [1.165, 1.54) is 66.6 Å². The fourth-order valence-electron chi connectivity index (χ4n) is 9.79. The third-order valence-corrected chi connectivity index (χ3v) is 12.8. The zero-order valence-electron chi connectivity index (χ0n) is 32.1. The average molecular weight is 717 g/mol. The number of fused-ring (bicyclic) bond motifs is 9. The lowest BCUT2D eigenvalue weighted by Gasteiger charge is -2.22. The van der Waals surface area contributed by atoms with Crippen molar-refractivity contribution < 1.29 is 0 Å². The molecule has 9 aromatic rings. The first-order valence-corrected chi connectivity index (χ1v) is 19.6. The van der Waals surface area contributed by atoms with Crippen LogP contribution in [0.25, 0.3) is 88.6 Å². The van der Waals surface area contributed by atoms with Crippen molar-refractivity contribution in [3.05, 3.63) is 192 Å². The summed E-state index contributed by atoms with van der Waals surface area (Å²) < 4.78 is 0. The molecule has 7 aromatic carbocycles. The summed E-state index contributed by atoms with van der Waals surface area (Å²) in [5.74, 6) is 0. The molecule has 266 valence electrons. The van der Waals surface area contributed by atoms with Crippen LogP contribution < -0.4 is 0 Å². The van der Waals surface area contributed by atoms with Gasteiger partial charge in [0.25, 0.3) is 0 Å². The van der Waals surface area contributed by atoms with Crippen LogP contribution in [-0.4, -0.2) is 9.97 Å². The van der Waals surface area contributed by atoms with Crippen molar-refractivity contribution in [2.24, 2.45) is 0 Å². The Bertz CT molecular complexity index is 3060. The summed E-state index contributed by atoms with van der Waals surface area (Å²) in [7, 11) is 0. The van der Waals surface area contributed by atoms with E-state index >= 15 is 0 Å². The highest BCUT2D eigenvalue weighted by Gasteiger charge is 2.36. The summed E-state index contributed by atoms with van der Waals surface area (Å²) in [5, 5.41) is 3.52. The van der Waals surface area contributed by atoms with E-state index in [1.807, 2.05) is 18.5 Å². The van der Waals surface area contributed by atoms with Crippen molar-refractivity contribution in [3.8, 4) is 66.9 Å². The zero-order chi connectivity index (χ0) is 37.8. The maximum Gasteiger partial charge on any atom is 0.0794 e. The molecule has 0 amide bonds. The predicted molar refractivity (Wildman–Crippen MR) is 234 cm³/mol. The minimum atomic E-state index is -0.100. The maximum atomic E-state index is 5.58. The molecule has 2 aliphatic carbocycles. The molecule has 0 atom stereocenters. The Morgan fingerprint density at radius 2 is 0.893 bits per heavy atom. The Morgan fingerprint density at radius 3 is 1.55 bits per heavy atom. The van der Waals surface area contributed by atoms with E-state index in [0.29, 0.717) is 0 Å². The summed E-state index contributed by atoms with van der Waals surface area (Å²) in [6.45, 7) is 9.41. The number of nitrogens with zero attached hydrogens (tertiary/aromatic N) is 2. The molecule has 0 spiro atoms. The van der Waals surface area contributed by atoms with Crippen molar-refractivity contribution in [2.75, 3.05) is 0 Å². The summed E-state index contributed by atoms with van der Waals surface area (Å²) in [6, 6.07) is 58.4. The molecular weight excluding hydrogens is 677 g/mol. The molecule has 11 rings (SSSR count). The SMILES string of the molecule is CC1(C)c2ccccc2-c2ccc(-c3cc(-c4ccc(-c5cccnc5)cc4)c4cc(-c5ccc6c(c5)C(C)(C)c5ccccc5-6)c5ccccc5c4n3)cc21. The van der Waals surface area contributed by atoms with Gasteiger partial charge in [-0.25, -0.2) is 4.98 Å². The van der Waals surface area contributed by atoms with Gasteiger partial charge >= 0.3 is 0 Å². The predicted octanol–water partition coefficient (Wildman–Crippen LogP) is 14.1. The smallest absolute Gasteiger partial charge is 0.0794 e. The van der Waals surface area contributed by atoms with Gasteiger partial charge in [0.2, 0.25) is 0 Å². The lowest BCUT2D eigenvalue weighted by atomic mass is 9.81. The monoisotopic (exact) mass is 716 g/mol. The Kier molecular flexibility index (Phi) is 6.98. The van der Waals surface area contributed by atoms with Gasteiger partial charge in [0, 0.05) is 39.6 Å². The number of hydrogen-bond donors (Lipinski definition) is 0. The van der Waals surface area contributed by atoms with Crippen LogP contribution in [0.3, 0.4) is 0 Å². The van der Waals surface area contributed by atoms with E-state index in [0.717, 1.165) is 44.2 Å². The highest BCUT2D eigenvalue weighted by Crippen LogP contribution is 2.52. The minimum Gasteiger partial charge on any atom is -0.264 e. The zero-order valence-corrected chi connectivity index (χ0v) is 32.1. The Labute approximate surface area is 328 Å². The molecule has 0 aliphatic heterocycles. The first-order chi connectivity index (χ1) is 27.3. The lowest BCUT2D eigenvalue weighted by molar-refractivity contribution is 0.660. The van der Waals surface area contributed by atoms with Crippen molar-refractivity contribution in [2.45, 2.75) is 38.5 Å². The van der Waals surface area contributed by atoms with Crippen molar-refractivity contribution in [3.63, 3.8) is 0 Å². The second-order valence-electron chi connectivity index (χ2n) is 16.6. The maximum absolute atomic E-state index is 5.58. The fourth-order valence-corrected chi connectivity index (χ4v) is 9.79. The number of pyridine rings is 2. The molecule has 0 unspecified atom stereocenters. The van der Waals surface area contributed by atoms with Crippen LogP contribution in [0.5, 0.6) is 0 Å². The van der Waals surface area contributed by atoms with Gasteiger partial charge in [0.15, 0.2) is 0 Å². The normalized spacial score (nSPS) is 14.4. The molecule has 2 aliphatic rings. The number of hydrogen-bond acceptors (Lipinski definition) is 2. The van der Waals surface area contributed by atoms with Gasteiger partial charge in [-0.05, 0) is 114 Å². The molecule has 0 fully saturated rings. The molecule has 0 N–H and O–H groups in total. The number of aromatic nitrogens is 2. The van der Waals surface area contributed by atoms with Gasteiger partial charge in [0.1, 0.15) is 0 Å². The summed E-state index contributed by atoms with van der Waals surface area (Å²) in [5.41, 5.74) is 20.8. The third-order valence-electron chi connectivity index (χ3n) is 12.8. The van der Waals surface area contributed by atoms with Gasteiger partial charge in [0.05, 0.1) is 11.2 Å². The topological polar surface area (TPSA) is 25.8 Å². The fraction of sp³-hybridized carbons (Fsp3) is 0.111. The summed E-state index contributed by atoms with van der Waals surface area (Å²) >= 11 is 0. The Balaban J connectivity index is 1.15. The van der Waals surface area contributed by atoms with E-state index < -0.39 is 0 Å². The standard InChI is InChI=1S/C54H40N2/c1-53(2)47-17-9-7-14-39(47)41-25-23-35(28-49(41)53)44-30-46-45(34-21-19-33(20-22-34)37-12-11-27-55-32-37)31-51(56-52(46)43-16-6-5-13-38(43)44)36-24-26-42-40-15-8-10-18-48(40)54(3,4)50(42)29-36/h5-32H,1-4H3. The van der Waals surface area contributed by atoms with Crippen LogP contribution in [0.1, 0.15) is 49.9 Å². The first-order valence-electron chi connectivity index (χ1n) is 19.6. The highest BCUT2D eigenvalue weighted by atomic mass is 14.7. The van der Waals surface area contributed by atoms with Crippen molar-refractivity contribution >= 4 is 21.7 Å². The van der Waals surface area contributed by atoms with E-state index in [9.17, 15) is 0 Å². The van der Waals surface area contributed by atoms with Crippen LogP contribution in [0.15, 0.2) is 170 Å².